The van der Waals surface area contributed by atoms with E-state index in [0.717, 1.165) is 6.42 Å². The molecule has 19 heavy (non-hydrogen) atoms. The quantitative estimate of drug-likeness (QED) is 0.786. The molecule has 0 aromatic carbocycles. The van der Waals surface area contributed by atoms with Crippen LogP contribution in [0.2, 0.25) is 10.2 Å². The van der Waals surface area contributed by atoms with Crippen LogP contribution in [0.1, 0.15) is 20.3 Å². The molecule has 1 aliphatic rings. The molecule has 1 fully saturated rings. The zero-order valence-corrected chi connectivity index (χ0v) is 13.1. The van der Waals surface area contributed by atoms with Crippen molar-refractivity contribution < 1.29 is 8.42 Å². The van der Waals surface area contributed by atoms with E-state index < -0.39 is 10.0 Å². The molecule has 0 radical (unpaired) electrons. The lowest BCUT2D eigenvalue weighted by atomic mass is 9.94. The Balaban J connectivity index is 2.33. The Morgan fingerprint density at radius 3 is 2.37 bits per heavy atom. The summed E-state index contributed by atoms with van der Waals surface area (Å²) in [7, 11) is -3.54. The molecule has 2 unspecified atom stereocenters. The Hall–Kier alpha value is -0.360. The minimum atomic E-state index is -3.54. The van der Waals surface area contributed by atoms with Gasteiger partial charge in [-0.25, -0.2) is 13.4 Å². The van der Waals surface area contributed by atoms with Crippen molar-refractivity contribution in [1.29, 1.82) is 0 Å². The fraction of sp³-hybridized carbons (Fsp3) is 0.583. The molecule has 0 bridgehead atoms. The van der Waals surface area contributed by atoms with E-state index >= 15 is 0 Å². The van der Waals surface area contributed by atoms with Crippen molar-refractivity contribution >= 4 is 33.2 Å². The van der Waals surface area contributed by atoms with Crippen molar-refractivity contribution in [3.05, 3.63) is 22.4 Å². The molecule has 0 N–H and O–H groups in total. The maximum Gasteiger partial charge on any atom is 0.244 e. The second kappa shape index (κ2) is 5.56. The van der Waals surface area contributed by atoms with Crippen molar-refractivity contribution in [2.45, 2.75) is 25.2 Å². The van der Waals surface area contributed by atoms with E-state index in [1.54, 1.807) is 0 Å². The van der Waals surface area contributed by atoms with Gasteiger partial charge in [0.1, 0.15) is 10.0 Å². The highest BCUT2D eigenvalue weighted by Crippen LogP contribution is 2.28. The lowest BCUT2D eigenvalue weighted by Crippen LogP contribution is -2.42. The lowest BCUT2D eigenvalue weighted by molar-refractivity contribution is 0.222. The molecule has 0 spiro atoms. The summed E-state index contributed by atoms with van der Waals surface area (Å²) in [5.74, 6) is 0.712. The van der Waals surface area contributed by atoms with Crippen molar-refractivity contribution in [3.63, 3.8) is 0 Å². The van der Waals surface area contributed by atoms with E-state index in [0.29, 0.717) is 24.9 Å². The number of aromatic nitrogens is 1. The summed E-state index contributed by atoms with van der Waals surface area (Å²) < 4.78 is 26.6. The van der Waals surface area contributed by atoms with Gasteiger partial charge >= 0.3 is 0 Å². The number of rotatable bonds is 2. The molecule has 4 nitrogen and oxygen atoms in total. The van der Waals surface area contributed by atoms with Gasteiger partial charge in [0, 0.05) is 19.3 Å². The third kappa shape index (κ3) is 3.21. The second-order valence-electron chi connectivity index (χ2n) is 5.21. The molecule has 106 valence electrons. The Labute approximate surface area is 123 Å². The van der Waals surface area contributed by atoms with E-state index in [-0.39, 0.29) is 15.1 Å². The van der Waals surface area contributed by atoms with Gasteiger partial charge in [0.2, 0.25) is 10.0 Å². The van der Waals surface area contributed by atoms with Crippen molar-refractivity contribution in [2.75, 3.05) is 13.1 Å². The largest absolute Gasteiger partial charge is 0.244 e. The standard InChI is InChI=1S/C12H16Cl2N2O2S/c1-8-3-9(2)7-16(6-8)19(17,18)10-4-11(13)12(14)15-5-10/h4-5,8-9H,3,6-7H2,1-2H3. The highest BCUT2D eigenvalue weighted by molar-refractivity contribution is 7.89. The molecule has 1 aromatic rings. The van der Waals surface area contributed by atoms with Crippen LogP contribution in [0.25, 0.3) is 0 Å². The Morgan fingerprint density at radius 1 is 1.26 bits per heavy atom. The molecule has 1 aliphatic heterocycles. The molecule has 0 aliphatic carbocycles. The average Bonchev–Trinajstić information content (AvgIpc) is 2.31. The van der Waals surface area contributed by atoms with Gasteiger partial charge < -0.3 is 0 Å². The monoisotopic (exact) mass is 322 g/mol. The van der Waals surface area contributed by atoms with Gasteiger partial charge in [-0.2, -0.15) is 4.31 Å². The first-order valence-corrected chi connectivity index (χ1v) is 8.31. The summed E-state index contributed by atoms with van der Waals surface area (Å²) in [5, 5.41) is 0.266. The number of sulfonamides is 1. The van der Waals surface area contributed by atoms with Crippen LogP contribution in [0.3, 0.4) is 0 Å². The zero-order chi connectivity index (χ0) is 14.2. The molecular weight excluding hydrogens is 307 g/mol. The second-order valence-corrected chi connectivity index (χ2v) is 7.91. The number of hydrogen-bond donors (Lipinski definition) is 0. The number of piperidine rings is 1. The summed E-state index contributed by atoms with van der Waals surface area (Å²) >= 11 is 11.6. The Kier molecular flexibility index (Phi) is 4.40. The number of pyridine rings is 1. The first-order chi connectivity index (χ1) is 8.80. The molecule has 2 rings (SSSR count). The lowest BCUT2D eigenvalue weighted by Gasteiger charge is -2.33. The number of nitrogens with zero attached hydrogens (tertiary/aromatic N) is 2. The molecule has 7 heteroatoms. The average molecular weight is 323 g/mol. The van der Waals surface area contributed by atoms with Crippen LogP contribution < -0.4 is 0 Å². The first-order valence-electron chi connectivity index (χ1n) is 6.12. The highest BCUT2D eigenvalue weighted by atomic mass is 35.5. The van der Waals surface area contributed by atoms with E-state index in [4.69, 9.17) is 23.2 Å². The van der Waals surface area contributed by atoms with Crippen molar-refractivity contribution in [3.8, 4) is 0 Å². The molecule has 2 heterocycles. The van der Waals surface area contributed by atoms with Crippen molar-refractivity contribution in [1.82, 2.24) is 9.29 Å². The van der Waals surface area contributed by atoms with Gasteiger partial charge in [-0.1, -0.05) is 37.0 Å². The van der Waals surface area contributed by atoms with Crippen LogP contribution in [0, 0.1) is 11.8 Å². The molecule has 1 saturated heterocycles. The number of hydrogen-bond acceptors (Lipinski definition) is 3. The summed E-state index contributed by atoms with van der Waals surface area (Å²) in [5.41, 5.74) is 0. The van der Waals surface area contributed by atoms with Crippen LogP contribution in [0.15, 0.2) is 17.2 Å². The third-order valence-electron chi connectivity index (χ3n) is 3.24. The van der Waals surface area contributed by atoms with Crippen LogP contribution in [-0.2, 0) is 10.0 Å². The van der Waals surface area contributed by atoms with Gasteiger partial charge in [-0.15, -0.1) is 0 Å². The molecular formula is C12H16Cl2N2O2S. The summed E-state index contributed by atoms with van der Waals surface area (Å²) in [6.07, 6.45) is 2.30. The van der Waals surface area contributed by atoms with Crippen molar-refractivity contribution in [2.24, 2.45) is 11.8 Å². The molecule has 2 atom stereocenters. The predicted octanol–water partition coefficient (Wildman–Crippen LogP) is 3.06. The van der Waals surface area contributed by atoms with E-state index in [1.807, 2.05) is 0 Å². The van der Waals surface area contributed by atoms with Gasteiger partial charge in [0.25, 0.3) is 0 Å². The van der Waals surface area contributed by atoms with Crippen LogP contribution in [0.5, 0.6) is 0 Å². The summed E-state index contributed by atoms with van der Waals surface area (Å²) in [6.45, 7) is 5.19. The molecule has 1 aromatic heterocycles. The highest BCUT2D eigenvalue weighted by Gasteiger charge is 2.32. The third-order valence-corrected chi connectivity index (χ3v) is 5.73. The summed E-state index contributed by atoms with van der Waals surface area (Å²) in [4.78, 5) is 3.91. The maximum atomic E-state index is 12.5. The van der Waals surface area contributed by atoms with E-state index in [1.165, 1.54) is 16.6 Å². The summed E-state index contributed by atoms with van der Waals surface area (Å²) in [6, 6.07) is 1.36. The van der Waals surface area contributed by atoms with Crippen LogP contribution in [0.4, 0.5) is 0 Å². The topological polar surface area (TPSA) is 50.3 Å². The van der Waals surface area contributed by atoms with Crippen LogP contribution in [-0.4, -0.2) is 30.8 Å². The molecule has 0 amide bonds. The first kappa shape index (κ1) is 15.0. The van der Waals surface area contributed by atoms with E-state index in [9.17, 15) is 8.42 Å². The number of halogens is 2. The van der Waals surface area contributed by atoms with Crippen LogP contribution >= 0.6 is 23.2 Å². The van der Waals surface area contributed by atoms with Gasteiger partial charge in [0.15, 0.2) is 0 Å². The molecule has 0 saturated carbocycles. The fourth-order valence-corrected chi connectivity index (χ4v) is 4.48. The van der Waals surface area contributed by atoms with Gasteiger partial charge in [0.05, 0.1) is 5.02 Å². The predicted molar refractivity (Wildman–Crippen MR) is 76.0 cm³/mol. The zero-order valence-electron chi connectivity index (χ0n) is 10.8. The fourth-order valence-electron chi connectivity index (χ4n) is 2.50. The van der Waals surface area contributed by atoms with Gasteiger partial charge in [-0.3, -0.25) is 0 Å². The minimum absolute atomic E-state index is 0.100. The normalized spacial score (nSPS) is 25.5. The van der Waals surface area contributed by atoms with E-state index in [2.05, 4.69) is 18.8 Å². The minimum Gasteiger partial charge on any atom is -0.242 e. The Morgan fingerprint density at radius 2 is 1.84 bits per heavy atom. The maximum absolute atomic E-state index is 12.5. The smallest absolute Gasteiger partial charge is 0.242 e. The SMILES string of the molecule is CC1CC(C)CN(S(=O)(=O)c2cnc(Cl)c(Cl)c2)C1. The van der Waals surface area contributed by atoms with Gasteiger partial charge in [-0.05, 0) is 24.3 Å². The Bertz CT molecular complexity index is 567.